The highest BCUT2D eigenvalue weighted by atomic mass is 16.6. The summed E-state index contributed by atoms with van der Waals surface area (Å²) in [5.41, 5.74) is 1.37. The highest BCUT2D eigenvalue weighted by molar-refractivity contribution is 5.86. The molecule has 4 rings (SSSR count). The maximum Gasteiger partial charge on any atom is 0.413 e. The molecule has 0 bridgehead atoms. The van der Waals surface area contributed by atoms with Crippen molar-refractivity contribution >= 4 is 35.0 Å². The molecule has 2 aromatic heterocycles. The Labute approximate surface area is 216 Å². The second kappa shape index (κ2) is 11.0. The summed E-state index contributed by atoms with van der Waals surface area (Å²) in [7, 11) is 0. The third kappa shape index (κ3) is 6.63. The van der Waals surface area contributed by atoms with Crippen molar-refractivity contribution in [3.05, 3.63) is 54.4 Å². The van der Waals surface area contributed by atoms with Crippen LogP contribution in [0.5, 0.6) is 0 Å². The number of ketones is 1. The normalized spacial score (nSPS) is 17.6. The van der Waals surface area contributed by atoms with Crippen LogP contribution >= 0.6 is 0 Å². The van der Waals surface area contributed by atoms with Crippen molar-refractivity contribution in [3.63, 3.8) is 0 Å². The van der Waals surface area contributed by atoms with Crippen molar-refractivity contribution in [1.82, 2.24) is 19.4 Å². The highest BCUT2D eigenvalue weighted by Crippen LogP contribution is 2.28. The number of ether oxygens (including phenoxy) is 2. The number of fused-ring (bicyclic) bond motifs is 1. The largest absolute Gasteiger partial charge is 0.445 e. The van der Waals surface area contributed by atoms with E-state index in [2.05, 4.69) is 15.3 Å². The van der Waals surface area contributed by atoms with Gasteiger partial charge in [0.1, 0.15) is 17.7 Å². The average Bonchev–Trinajstić information content (AvgIpc) is 3.46. The number of amides is 2. The van der Waals surface area contributed by atoms with E-state index in [1.165, 1.54) is 6.20 Å². The monoisotopic (exact) mass is 507 g/mol. The van der Waals surface area contributed by atoms with Crippen LogP contribution in [-0.4, -0.2) is 56.1 Å². The molecule has 1 aromatic carbocycles. The number of rotatable bonds is 7. The Bertz CT molecular complexity index is 1270. The molecule has 2 atom stereocenters. The van der Waals surface area contributed by atoms with E-state index in [0.29, 0.717) is 24.3 Å². The first kappa shape index (κ1) is 26.1. The Balaban J connectivity index is 1.37. The van der Waals surface area contributed by atoms with Crippen LogP contribution in [0, 0.1) is 11.8 Å². The molecule has 0 aliphatic carbocycles. The van der Waals surface area contributed by atoms with Crippen molar-refractivity contribution in [2.45, 2.75) is 52.9 Å². The van der Waals surface area contributed by atoms with Crippen molar-refractivity contribution in [3.8, 4) is 0 Å². The Morgan fingerprint density at radius 2 is 1.86 bits per heavy atom. The summed E-state index contributed by atoms with van der Waals surface area (Å²) in [6.45, 7) is 8.50. The first-order valence-corrected chi connectivity index (χ1v) is 12.4. The Hall–Kier alpha value is -3.95. The lowest BCUT2D eigenvalue weighted by molar-refractivity contribution is -0.124. The van der Waals surface area contributed by atoms with Crippen LogP contribution in [0.3, 0.4) is 0 Å². The van der Waals surface area contributed by atoms with Crippen molar-refractivity contribution in [2.75, 3.05) is 18.4 Å². The molecule has 1 fully saturated rings. The van der Waals surface area contributed by atoms with Gasteiger partial charge < -0.3 is 18.9 Å². The van der Waals surface area contributed by atoms with Gasteiger partial charge in [0, 0.05) is 25.2 Å². The van der Waals surface area contributed by atoms with Crippen LogP contribution in [0.2, 0.25) is 0 Å². The summed E-state index contributed by atoms with van der Waals surface area (Å²) in [6, 6.07) is 11.3. The number of hydrogen-bond acceptors (Lipinski definition) is 7. The third-order valence-corrected chi connectivity index (χ3v) is 6.26. The fraction of sp³-hybridized carbons (Fsp3) is 0.444. The molecule has 10 heteroatoms. The van der Waals surface area contributed by atoms with Gasteiger partial charge in [-0.25, -0.2) is 19.6 Å². The molecule has 10 nitrogen and oxygen atoms in total. The smallest absolute Gasteiger partial charge is 0.413 e. The first-order chi connectivity index (χ1) is 17.6. The molecule has 2 amide bonds. The second-order valence-electron chi connectivity index (χ2n) is 10.2. The highest BCUT2D eigenvalue weighted by Gasteiger charge is 2.39. The molecular weight excluding hydrogens is 474 g/mol. The molecule has 37 heavy (non-hydrogen) atoms. The minimum absolute atomic E-state index is 0.0282. The van der Waals surface area contributed by atoms with E-state index < -0.39 is 17.8 Å². The summed E-state index contributed by atoms with van der Waals surface area (Å²) in [5.74, 6) is 0.0694. The van der Waals surface area contributed by atoms with Crippen LogP contribution in [0.15, 0.2) is 48.8 Å². The number of carbonyl (C=O) groups is 3. The van der Waals surface area contributed by atoms with Crippen LogP contribution in [0.4, 0.5) is 15.4 Å². The number of hydrogen-bond donors (Lipinski definition) is 1. The number of aromatic nitrogens is 3. The maximum absolute atomic E-state index is 13.3. The first-order valence-electron chi connectivity index (χ1n) is 12.4. The minimum atomic E-state index is -0.629. The lowest BCUT2D eigenvalue weighted by Crippen LogP contribution is -2.31. The topological polar surface area (TPSA) is 116 Å². The van der Waals surface area contributed by atoms with Gasteiger partial charge in [0.25, 0.3) is 0 Å². The molecule has 1 aliphatic heterocycles. The standard InChI is InChI=1S/C27H33N5O5/c1-5-19-14-32(26(35)36-17-18-9-7-6-8-10-18)15-20(19)22(33)16-31-12-11-21-24(31)28-13-23(29-21)30-25(34)37-27(2,3)4/h6-13,19-20H,5,14-17H2,1-4H3,(H,29,30,34)/t19-,20+/m1/s1. The summed E-state index contributed by atoms with van der Waals surface area (Å²) in [6.07, 6.45) is 2.95. The molecule has 1 saturated heterocycles. The maximum atomic E-state index is 13.3. The van der Waals surface area contributed by atoms with Gasteiger partial charge in [0.2, 0.25) is 0 Å². The number of nitrogens with zero attached hydrogens (tertiary/aromatic N) is 4. The van der Waals surface area contributed by atoms with Gasteiger partial charge in [0.15, 0.2) is 17.2 Å². The molecule has 0 unspecified atom stereocenters. The quantitative estimate of drug-likeness (QED) is 0.495. The third-order valence-electron chi connectivity index (χ3n) is 6.26. The average molecular weight is 508 g/mol. The van der Waals surface area contributed by atoms with Crippen LogP contribution in [0.25, 0.3) is 11.2 Å². The predicted octanol–water partition coefficient (Wildman–Crippen LogP) is 4.64. The number of Topliss-reactive ketones (excluding diaryl/α,β-unsaturated/α-hetero) is 1. The van der Waals surface area contributed by atoms with Gasteiger partial charge in [-0.2, -0.15) is 0 Å². The fourth-order valence-corrected chi connectivity index (χ4v) is 4.45. The molecule has 3 heterocycles. The van der Waals surface area contributed by atoms with Gasteiger partial charge in [0.05, 0.1) is 12.7 Å². The Morgan fingerprint density at radius 3 is 2.57 bits per heavy atom. The molecular formula is C27H33N5O5. The van der Waals surface area contributed by atoms with E-state index in [9.17, 15) is 14.4 Å². The fourth-order valence-electron chi connectivity index (χ4n) is 4.45. The van der Waals surface area contributed by atoms with Gasteiger partial charge >= 0.3 is 12.2 Å². The van der Waals surface area contributed by atoms with Crippen LogP contribution in [-0.2, 0) is 27.4 Å². The van der Waals surface area contributed by atoms with Gasteiger partial charge in [-0.15, -0.1) is 0 Å². The van der Waals surface area contributed by atoms with Crippen molar-refractivity contribution < 1.29 is 23.9 Å². The SMILES string of the molecule is CC[C@@H]1CN(C(=O)OCc2ccccc2)C[C@@H]1C(=O)Cn1ccc2nc(NC(=O)OC(C)(C)C)cnc21. The van der Waals surface area contributed by atoms with Crippen molar-refractivity contribution in [2.24, 2.45) is 11.8 Å². The van der Waals surface area contributed by atoms with E-state index in [1.54, 1.807) is 42.5 Å². The molecule has 0 spiro atoms. The summed E-state index contributed by atoms with van der Waals surface area (Å²) in [4.78, 5) is 48.4. The van der Waals surface area contributed by atoms with E-state index in [0.717, 1.165) is 12.0 Å². The minimum Gasteiger partial charge on any atom is -0.445 e. The van der Waals surface area contributed by atoms with Gasteiger partial charge in [-0.1, -0.05) is 43.7 Å². The van der Waals surface area contributed by atoms with E-state index in [1.807, 2.05) is 37.3 Å². The molecule has 0 radical (unpaired) electrons. The molecule has 1 aliphatic rings. The summed E-state index contributed by atoms with van der Waals surface area (Å²) >= 11 is 0. The lowest BCUT2D eigenvalue weighted by atomic mass is 9.90. The molecule has 196 valence electrons. The zero-order valence-electron chi connectivity index (χ0n) is 21.6. The second-order valence-corrected chi connectivity index (χ2v) is 10.2. The number of benzene rings is 1. The summed E-state index contributed by atoms with van der Waals surface area (Å²) < 4.78 is 12.5. The van der Waals surface area contributed by atoms with Crippen LogP contribution in [0.1, 0.15) is 39.7 Å². The predicted molar refractivity (Wildman–Crippen MR) is 138 cm³/mol. The molecule has 3 aromatic rings. The van der Waals surface area contributed by atoms with E-state index in [4.69, 9.17) is 9.47 Å². The Morgan fingerprint density at radius 1 is 1.11 bits per heavy atom. The number of carbonyl (C=O) groups excluding carboxylic acids is 3. The summed E-state index contributed by atoms with van der Waals surface area (Å²) in [5, 5.41) is 2.57. The van der Waals surface area contributed by atoms with Gasteiger partial charge in [-0.3, -0.25) is 10.1 Å². The molecule has 0 saturated carbocycles. The van der Waals surface area contributed by atoms with Gasteiger partial charge in [-0.05, 0) is 38.3 Å². The number of nitrogens with one attached hydrogen (secondary N) is 1. The zero-order chi connectivity index (χ0) is 26.6. The van der Waals surface area contributed by atoms with E-state index >= 15 is 0 Å². The molecule has 1 N–H and O–H groups in total. The van der Waals surface area contributed by atoms with E-state index in [-0.39, 0.29) is 36.6 Å². The van der Waals surface area contributed by atoms with Crippen molar-refractivity contribution in [1.29, 1.82) is 0 Å². The zero-order valence-corrected chi connectivity index (χ0v) is 21.6. The van der Waals surface area contributed by atoms with Crippen LogP contribution < -0.4 is 5.32 Å². The Kier molecular flexibility index (Phi) is 7.75. The number of likely N-dealkylation sites (tertiary alicyclic amines) is 1. The lowest BCUT2D eigenvalue weighted by Gasteiger charge is -2.19. The number of anilines is 1.